The minimum Gasteiger partial charge on any atom is -0.408 e. The van der Waals surface area contributed by atoms with Crippen molar-refractivity contribution < 1.29 is 32.8 Å². The summed E-state index contributed by atoms with van der Waals surface area (Å²) in [6, 6.07) is 1.07. The molecule has 0 aromatic heterocycles. The SMILES string of the molecule is COCCN(C)N=C1[C@@H]2OC3(C)O[C@@H]([C@@H]2O[Si](C)(C)C(C)(C)C)[C@H](OCOCC[Si](C)(C)C)[C@]1(CC=C(C)C)O3. The van der Waals surface area contributed by atoms with E-state index in [1.54, 1.807) is 7.11 Å². The molecule has 1 unspecified atom stereocenters. The molecule has 0 amide bonds. The van der Waals surface area contributed by atoms with Gasteiger partial charge in [-0.05, 0) is 38.0 Å². The van der Waals surface area contributed by atoms with Crippen LogP contribution in [0.3, 0.4) is 0 Å². The Morgan fingerprint density at radius 2 is 1.77 bits per heavy atom. The number of hydrogen-bond donors (Lipinski definition) is 0. The lowest BCUT2D eigenvalue weighted by Crippen LogP contribution is -2.83. The molecule has 3 heterocycles. The van der Waals surface area contributed by atoms with E-state index in [2.05, 4.69) is 73.4 Å². The van der Waals surface area contributed by atoms with Crippen molar-refractivity contribution in [2.45, 2.75) is 128 Å². The van der Waals surface area contributed by atoms with E-state index in [1.807, 2.05) is 19.0 Å². The number of allylic oxidation sites excluding steroid dienone is 1. The Morgan fingerprint density at radius 3 is 2.35 bits per heavy atom. The molecular weight excluding hydrogens is 544 g/mol. The summed E-state index contributed by atoms with van der Waals surface area (Å²) in [5.41, 5.74) is 1.07. The van der Waals surface area contributed by atoms with Gasteiger partial charge in [-0.1, -0.05) is 52.1 Å². The lowest BCUT2D eigenvalue weighted by Gasteiger charge is -2.65. The zero-order valence-corrected chi connectivity index (χ0v) is 29.4. The Balaban J connectivity index is 2.06. The molecule has 3 saturated heterocycles. The van der Waals surface area contributed by atoms with Gasteiger partial charge in [0.25, 0.3) is 5.97 Å². The Kier molecular flexibility index (Phi) is 10.6. The average Bonchev–Trinajstić information content (AvgIpc) is 2.80. The number of hydrogen-bond acceptors (Lipinski definition) is 9. The first-order chi connectivity index (χ1) is 18.3. The van der Waals surface area contributed by atoms with Crippen LogP contribution in [0, 0.1) is 0 Å². The van der Waals surface area contributed by atoms with Crippen LogP contribution in [0.15, 0.2) is 16.8 Å². The van der Waals surface area contributed by atoms with E-state index in [4.69, 9.17) is 37.9 Å². The molecule has 4 rings (SSSR count). The van der Waals surface area contributed by atoms with Gasteiger partial charge in [0.15, 0.2) is 8.32 Å². The first-order valence-electron chi connectivity index (χ1n) is 14.7. The highest BCUT2D eigenvalue weighted by Gasteiger charge is 2.73. The number of hydrazone groups is 1. The zero-order chi connectivity index (χ0) is 30.1. The van der Waals surface area contributed by atoms with Gasteiger partial charge in [-0.25, -0.2) is 0 Å². The Hall–Kier alpha value is -0.636. The van der Waals surface area contributed by atoms with Crippen LogP contribution in [-0.2, 0) is 32.8 Å². The van der Waals surface area contributed by atoms with Crippen molar-refractivity contribution in [1.82, 2.24) is 5.01 Å². The largest absolute Gasteiger partial charge is 0.408 e. The highest BCUT2D eigenvalue weighted by molar-refractivity contribution is 6.76. The minimum atomic E-state index is -2.22. The standard InChI is InChI=1S/C29H56N2O7Si2/c1-21(2)14-15-29-25(30-31(7)16-17-32-8)23-22(37-40(12,13)27(3,4)5)24(36-28(6,35-23)38-29)26(29)34-20-33-18-19-39(9,10)11/h14,22-24,26H,15-20H2,1-13H3/t22-,23-,24+,26+,28?,29-/m1/s1. The van der Waals surface area contributed by atoms with Gasteiger partial charge in [0.1, 0.15) is 42.5 Å². The summed E-state index contributed by atoms with van der Waals surface area (Å²) in [4.78, 5) is 0. The predicted octanol–water partition coefficient (Wildman–Crippen LogP) is 5.61. The molecule has 0 N–H and O–H groups in total. The molecule has 1 saturated carbocycles. The number of methoxy groups -OCH3 is 1. The number of ether oxygens (including phenoxy) is 6. The van der Waals surface area contributed by atoms with Crippen LogP contribution in [0.2, 0.25) is 43.8 Å². The normalized spacial score (nSPS) is 33.1. The summed E-state index contributed by atoms with van der Waals surface area (Å²) in [5, 5.41) is 7.02. The van der Waals surface area contributed by atoms with Crippen molar-refractivity contribution in [3.05, 3.63) is 11.6 Å². The van der Waals surface area contributed by atoms with E-state index < -0.39 is 46.3 Å². The molecular formula is C29H56N2O7Si2. The number of nitrogens with zero attached hydrogens (tertiary/aromatic N) is 2. The van der Waals surface area contributed by atoms with E-state index in [-0.39, 0.29) is 17.9 Å². The fourth-order valence-corrected chi connectivity index (χ4v) is 7.10. The molecule has 40 heavy (non-hydrogen) atoms. The molecule has 0 aromatic carbocycles. The van der Waals surface area contributed by atoms with Crippen LogP contribution in [0.5, 0.6) is 0 Å². The third-order valence-corrected chi connectivity index (χ3v) is 14.6. The molecule has 9 nitrogen and oxygen atoms in total. The van der Waals surface area contributed by atoms with Crippen molar-refractivity contribution >= 4 is 22.1 Å². The van der Waals surface area contributed by atoms with Gasteiger partial charge in [0.05, 0.1) is 13.2 Å². The second kappa shape index (κ2) is 12.5. The minimum absolute atomic E-state index is 0.00465. The molecule has 0 spiro atoms. The van der Waals surface area contributed by atoms with E-state index in [9.17, 15) is 0 Å². The van der Waals surface area contributed by atoms with Gasteiger partial charge in [0, 0.05) is 42.2 Å². The lowest BCUT2D eigenvalue weighted by molar-refractivity contribution is -0.510. The Bertz CT molecular complexity index is 928. The number of likely N-dealkylation sites (N-methyl/N-ethyl adjacent to an activating group) is 1. The summed E-state index contributed by atoms with van der Waals surface area (Å²) >= 11 is 0. The third-order valence-electron chi connectivity index (χ3n) is 8.42. The van der Waals surface area contributed by atoms with Gasteiger partial charge in [-0.2, -0.15) is 5.10 Å². The fraction of sp³-hybridized carbons (Fsp3) is 0.897. The molecule has 0 aromatic rings. The highest BCUT2D eigenvalue weighted by Crippen LogP contribution is 2.54. The van der Waals surface area contributed by atoms with Crippen molar-refractivity contribution in [3.63, 3.8) is 0 Å². The highest BCUT2D eigenvalue weighted by atomic mass is 28.4. The van der Waals surface area contributed by atoms with E-state index in [0.717, 1.165) is 11.8 Å². The maximum Gasteiger partial charge on any atom is 0.282 e. The fourth-order valence-electron chi connectivity index (χ4n) is 5.05. The molecule has 4 bridgehead atoms. The summed E-state index contributed by atoms with van der Waals surface area (Å²) in [6.07, 6.45) is 1.05. The van der Waals surface area contributed by atoms with Crippen molar-refractivity contribution in [2.24, 2.45) is 5.10 Å². The average molecular weight is 601 g/mol. The Morgan fingerprint density at radius 1 is 1.10 bits per heavy atom. The Labute approximate surface area is 245 Å². The molecule has 1 aliphatic carbocycles. The van der Waals surface area contributed by atoms with E-state index >= 15 is 0 Å². The van der Waals surface area contributed by atoms with Crippen LogP contribution in [0.1, 0.15) is 48.0 Å². The summed E-state index contributed by atoms with van der Waals surface area (Å²) in [6.45, 7) is 26.3. The van der Waals surface area contributed by atoms with Gasteiger partial charge < -0.3 is 32.8 Å². The second-order valence-corrected chi connectivity index (χ2v) is 25.0. The molecule has 11 heteroatoms. The van der Waals surface area contributed by atoms with Crippen LogP contribution >= 0.6 is 0 Å². The topological polar surface area (TPSA) is 80.2 Å². The summed E-state index contributed by atoms with van der Waals surface area (Å²) in [5.74, 6) is -1.22. The summed E-state index contributed by atoms with van der Waals surface area (Å²) in [7, 11) is 0.199. The first-order valence-corrected chi connectivity index (χ1v) is 21.3. The molecule has 4 fully saturated rings. The van der Waals surface area contributed by atoms with Crippen LogP contribution in [0.25, 0.3) is 0 Å². The van der Waals surface area contributed by atoms with E-state index in [1.165, 1.54) is 5.57 Å². The maximum absolute atomic E-state index is 7.07. The third kappa shape index (κ3) is 7.65. The summed E-state index contributed by atoms with van der Waals surface area (Å²) < 4.78 is 44.8. The van der Waals surface area contributed by atoms with Gasteiger partial charge in [-0.3, -0.25) is 5.01 Å². The quantitative estimate of drug-likeness (QED) is 0.0838. The zero-order valence-electron chi connectivity index (χ0n) is 27.4. The monoisotopic (exact) mass is 600 g/mol. The molecule has 6 atom stereocenters. The molecule has 0 radical (unpaired) electrons. The van der Waals surface area contributed by atoms with Crippen LogP contribution in [-0.4, -0.2) is 104 Å². The lowest BCUT2D eigenvalue weighted by atomic mass is 9.71. The molecule has 4 aliphatic rings. The molecule has 232 valence electrons. The van der Waals surface area contributed by atoms with E-state index in [0.29, 0.717) is 26.2 Å². The van der Waals surface area contributed by atoms with Gasteiger partial charge >= 0.3 is 0 Å². The van der Waals surface area contributed by atoms with Crippen molar-refractivity contribution in [2.75, 3.05) is 40.7 Å². The first kappa shape index (κ1) is 33.9. The van der Waals surface area contributed by atoms with Crippen LogP contribution in [0.4, 0.5) is 0 Å². The van der Waals surface area contributed by atoms with Crippen molar-refractivity contribution in [3.8, 4) is 0 Å². The van der Waals surface area contributed by atoms with Gasteiger partial charge in [0.2, 0.25) is 0 Å². The predicted molar refractivity (Wildman–Crippen MR) is 164 cm³/mol. The van der Waals surface area contributed by atoms with Crippen LogP contribution < -0.4 is 0 Å². The maximum atomic E-state index is 7.07. The van der Waals surface area contributed by atoms with Crippen molar-refractivity contribution in [1.29, 1.82) is 0 Å². The molecule has 3 aliphatic heterocycles. The van der Waals surface area contributed by atoms with Gasteiger partial charge in [-0.15, -0.1) is 0 Å². The number of rotatable bonds is 14. The second-order valence-electron chi connectivity index (χ2n) is 14.6. The smallest absolute Gasteiger partial charge is 0.282 e.